The lowest BCUT2D eigenvalue weighted by molar-refractivity contribution is -0.384. The Balaban J connectivity index is 1.75. The number of nitrogens with zero attached hydrogens (tertiary/aromatic N) is 2. The number of nitro benzene ring substituents is 1. The van der Waals surface area contributed by atoms with E-state index in [1.807, 2.05) is 0 Å². The minimum absolute atomic E-state index is 0.0311. The van der Waals surface area contributed by atoms with Gasteiger partial charge in [0.1, 0.15) is 5.82 Å². The van der Waals surface area contributed by atoms with Gasteiger partial charge in [0, 0.05) is 22.2 Å². The predicted octanol–water partition coefficient (Wildman–Crippen LogP) is 3.71. The second kappa shape index (κ2) is 6.55. The number of fused-ring (bicyclic) bond motifs is 1. The quantitative estimate of drug-likeness (QED) is 0.445. The molecule has 0 fully saturated rings. The third-order valence-electron chi connectivity index (χ3n) is 3.16. The van der Waals surface area contributed by atoms with E-state index in [1.165, 1.54) is 47.9 Å². The lowest BCUT2D eigenvalue weighted by atomic mass is 10.2. The van der Waals surface area contributed by atoms with Crippen LogP contribution >= 0.6 is 11.3 Å². The summed E-state index contributed by atoms with van der Waals surface area (Å²) in [6.07, 6.45) is 1.33. The lowest BCUT2D eigenvalue weighted by Crippen LogP contribution is -2.16. The van der Waals surface area contributed by atoms with Gasteiger partial charge in [-0.15, -0.1) is 11.3 Å². The molecule has 6 nitrogen and oxygen atoms in total. The van der Waals surface area contributed by atoms with Gasteiger partial charge in [0.15, 0.2) is 0 Å². The zero-order valence-electron chi connectivity index (χ0n) is 12.1. The second-order valence-corrected chi connectivity index (χ2v) is 5.93. The first-order chi connectivity index (χ1) is 11.5. The molecule has 8 heteroatoms. The minimum atomic E-state index is -0.486. The van der Waals surface area contributed by atoms with Gasteiger partial charge in [0.05, 0.1) is 16.0 Å². The molecule has 0 radical (unpaired) electrons. The molecule has 0 saturated carbocycles. The van der Waals surface area contributed by atoms with E-state index in [0.717, 1.165) is 4.70 Å². The van der Waals surface area contributed by atoms with Crippen LogP contribution in [0.15, 0.2) is 53.6 Å². The number of benzene rings is 2. The Kier molecular flexibility index (Phi) is 4.30. The molecule has 1 heterocycles. The van der Waals surface area contributed by atoms with Crippen molar-refractivity contribution in [2.24, 2.45) is 5.10 Å². The molecule has 2 aromatic carbocycles. The smallest absolute Gasteiger partial charge is 0.266 e. The van der Waals surface area contributed by atoms with Crippen LogP contribution in [0.2, 0.25) is 0 Å². The van der Waals surface area contributed by atoms with Crippen LogP contribution in [0.5, 0.6) is 0 Å². The van der Waals surface area contributed by atoms with Gasteiger partial charge in [-0.3, -0.25) is 14.9 Å². The fourth-order valence-corrected chi connectivity index (χ4v) is 3.00. The summed E-state index contributed by atoms with van der Waals surface area (Å²) in [5.41, 5.74) is 2.83. The Bertz CT molecular complexity index is 968. The van der Waals surface area contributed by atoms with E-state index in [2.05, 4.69) is 10.5 Å². The number of halogens is 1. The molecule has 0 unspecified atom stereocenters. The third kappa shape index (κ3) is 3.44. The summed E-state index contributed by atoms with van der Waals surface area (Å²) >= 11 is 1.21. The lowest BCUT2D eigenvalue weighted by Gasteiger charge is -1.96. The Morgan fingerprint density at radius 3 is 2.83 bits per heavy atom. The van der Waals surface area contributed by atoms with Crippen LogP contribution in [0.1, 0.15) is 15.2 Å². The Morgan fingerprint density at radius 2 is 2.08 bits per heavy atom. The Hall–Kier alpha value is -3.13. The molecule has 3 rings (SSSR count). The summed E-state index contributed by atoms with van der Waals surface area (Å²) in [5.74, 6) is -0.831. The second-order valence-electron chi connectivity index (χ2n) is 4.84. The number of non-ortho nitro benzene ring substituents is 1. The molecule has 0 aliphatic heterocycles. The number of carbonyl (C=O) groups excluding carboxylic acids is 1. The molecule has 0 aliphatic rings. The zero-order valence-corrected chi connectivity index (χ0v) is 12.9. The molecule has 0 spiro atoms. The van der Waals surface area contributed by atoms with Gasteiger partial charge in [-0.1, -0.05) is 12.1 Å². The molecule has 24 heavy (non-hydrogen) atoms. The zero-order chi connectivity index (χ0) is 17.1. The molecule has 1 aromatic heterocycles. The van der Waals surface area contributed by atoms with Gasteiger partial charge < -0.3 is 0 Å². The topological polar surface area (TPSA) is 84.6 Å². The van der Waals surface area contributed by atoms with Gasteiger partial charge in [-0.25, -0.2) is 9.82 Å². The highest BCUT2D eigenvalue weighted by Crippen LogP contribution is 2.28. The van der Waals surface area contributed by atoms with Crippen molar-refractivity contribution in [3.8, 4) is 0 Å². The van der Waals surface area contributed by atoms with Gasteiger partial charge in [-0.05, 0) is 29.8 Å². The SMILES string of the molecule is O=C(N/N=C\c1cccc(F)c1)c1cc2cc([N+](=O)[O-])ccc2s1. The van der Waals surface area contributed by atoms with Crippen LogP contribution in [0, 0.1) is 15.9 Å². The number of rotatable bonds is 4. The molecule has 0 aliphatic carbocycles. The molecular weight excluding hydrogens is 333 g/mol. The van der Waals surface area contributed by atoms with Crippen LogP contribution < -0.4 is 5.43 Å². The normalized spacial score (nSPS) is 11.0. The van der Waals surface area contributed by atoms with E-state index >= 15 is 0 Å². The van der Waals surface area contributed by atoms with E-state index < -0.39 is 16.6 Å². The molecular formula is C16H10FN3O3S. The highest BCUT2D eigenvalue weighted by atomic mass is 32.1. The molecule has 0 atom stereocenters. The highest BCUT2D eigenvalue weighted by molar-refractivity contribution is 7.20. The fourth-order valence-electron chi connectivity index (χ4n) is 2.06. The van der Waals surface area contributed by atoms with Crippen LogP contribution in [-0.2, 0) is 0 Å². The van der Waals surface area contributed by atoms with E-state index in [0.29, 0.717) is 15.8 Å². The van der Waals surface area contributed by atoms with E-state index in [9.17, 15) is 19.3 Å². The van der Waals surface area contributed by atoms with E-state index in [1.54, 1.807) is 18.2 Å². The molecule has 0 saturated heterocycles. The summed E-state index contributed by atoms with van der Waals surface area (Å²) < 4.78 is 13.8. The molecule has 0 bridgehead atoms. The van der Waals surface area contributed by atoms with Crippen molar-refractivity contribution >= 4 is 39.2 Å². The van der Waals surface area contributed by atoms with Crippen molar-refractivity contribution in [3.05, 3.63) is 74.9 Å². The number of thiophene rings is 1. The number of nitrogens with one attached hydrogen (secondary N) is 1. The first kappa shape index (κ1) is 15.8. The standard InChI is InChI=1S/C16H10FN3O3S/c17-12-3-1-2-10(6-12)9-18-19-16(21)15-8-11-7-13(20(22)23)4-5-14(11)24-15/h1-9H,(H,19,21)/b18-9-. The van der Waals surface area contributed by atoms with Crippen molar-refractivity contribution in [1.82, 2.24) is 5.43 Å². The fraction of sp³-hybridized carbons (Fsp3) is 0. The first-order valence-corrected chi connectivity index (χ1v) is 7.61. The number of nitro groups is 1. The number of hydrazone groups is 1. The Morgan fingerprint density at radius 1 is 1.25 bits per heavy atom. The van der Waals surface area contributed by atoms with Crippen molar-refractivity contribution < 1.29 is 14.1 Å². The minimum Gasteiger partial charge on any atom is -0.266 e. The maximum Gasteiger partial charge on any atom is 0.281 e. The maximum absolute atomic E-state index is 13.0. The number of amides is 1. The van der Waals surface area contributed by atoms with Gasteiger partial charge >= 0.3 is 0 Å². The molecule has 3 aromatic rings. The Labute approximate surface area is 139 Å². The largest absolute Gasteiger partial charge is 0.281 e. The van der Waals surface area contributed by atoms with Crippen LogP contribution in [0.4, 0.5) is 10.1 Å². The predicted molar refractivity (Wildman–Crippen MR) is 89.9 cm³/mol. The number of hydrogen-bond acceptors (Lipinski definition) is 5. The summed E-state index contributed by atoms with van der Waals surface area (Å²) in [4.78, 5) is 22.7. The first-order valence-electron chi connectivity index (χ1n) is 6.80. The van der Waals surface area contributed by atoms with E-state index in [-0.39, 0.29) is 5.69 Å². The van der Waals surface area contributed by atoms with Crippen LogP contribution in [0.3, 0.4) is 0 Å². The highest BCUT2D eigenvalue weighted by Gasteiger charge is 2.12. The van der Waals surface area contributed by atoms with Gasteiger partial charge in [0.2, 0.25) is 0 Å². The monoisotopic (exact) mass is 343 g/mol. The summed E-state index contributed by atoms with van der Waals surface area (Å²) in [5, 5.41) is 15.2. The van der Waals surface area contributed by atoms with E-state index in [4.69, 9.17) is 0 Å². The molecule has 1 amide bonds. The summed E-state index contributed by atoms with van der Waals surface area (Å²) in [7, 11) is 0. The third-order valence-corrected chi connectivity index (χ3v) is 4.28. The average molecular weight is 343 g/mol. The van der Waals surface area contributed by atoms with Crippen LogP contribution in [0.25, 0.3) is 10.1 Å². The summed E-state index contributed by atoms with van der Waals surface area (Å²) in [6.45, 7) is 0. The maximum atomic E-state index is 13.0. The number of carbonyl (C=O) groups is 1. The summed E-state index contributed by atoms with van der Waals surface area (Å²) in [6, 6.07) is 11.8. The van der Waals surface area contributed by atoms with Crippen molar-refractivity contribution in [2.45, 2.75) is 0 Å². The molecule has 120 valence electrons. The molecule has 1 N–H and O–H groups in total. The van der Waals surface area contributed by atoms with Gasteiger partial charge in [-0.2, -0.15) is 5.10 Å². The van der Waals surface area contributed by atoms with Crippen LogP contribution in [-0.4, -0.2) is 17.0 Å². The van der Waals surface area contributed by atoms with Gasteiger partial charge in [0.25, 0.3) is 11.6 Å². The van der Waals surface area contributed by atoms with Crippen molar-refractivity contribution in [3.63, 3.8) is 0 Å². The van der Waals surface area contributed by atoms with Crippen molar-refractivity contribution in [2.75, 3.05) is 0 Å². The average Bonchev–Trinajstić information content (AvgIpc) is 2.98. The number of hydrogen-bond donors (Lipinski definition) is 1. The van der Waals surface area contributed by atoms with Crippen molar-refractivity contribution in [1.29, 1.82) is 0 Å².